The molecule has 0 saturated heterocycles. The molecule has 10 nitrogen and oxygen atoms in total. The molecule has 14 heteroatoms. The summed E-state index contributed by atoms with van der Waals surface area (Å²) in [7, 11) is 1.06. The molecule has 1 aliphatic heterocycles. The highest BCUT2D eigenvalue weighted by Crippen LogP contribution is 2.40. The van der Waals surface area contributed by atoms with Crippen molar-refractivity contribution in [1.29, 1.82) is 0 Å². The van der Waals surface area contributed by atoms with Gasteiger partial charge in [-0.25, -0.2) is 4.79 Å². The van der Waals surface area contributed by atoms with E-state index >= 15 is 0 Å². The molecule has 2 rings (SSSR count). The summed E-state index contributed by atoms with van der Waals surface area (Å²) in [6, 6.07) is 1.33. The minimum absolute atomic E-state index is 0.119. The molecule has 1 amide bonds. The number of β-amino-alcohol motifs (C(OH)–C–C–N with tert-alkyl or cyclic N) is 1. The van der Waals surface area contributed by atoms with Gasteiger partial charge in [0.15, 0.2) is 0 Å². The van der Waals surface area contributed by atoms with Crippen molar-refractivity contribution in [3.05, 3.63) is 38.0 Å². The zero-order valence-corrected chi connectivity index (χ0v) is 16.2. The smallest absolute Gasteiger partial charge is 0.466 e. The number of benzene rings is 1. The van der Waals surface area contributed by atoms with Crippen LogP contribution in [0.3, 0.4) is 0 Å². The minimum Gasteiger partial charge on any atom is -0.466 e. The van der Waals surface area contributed by atoms with E-state index in [1.165, 1.54) is 0 Å². The van der Waals surface area contributed by atoms with Gasteiger partial charge in [0.2, 0.25) is 0 Å². The van der Waals surface area contributed by atoms with E-state index in [9.17, 15) is 32.9 Å². The van der Waals surface area contributed by atoms with Crippen LogP contribution in [0, 0.1) is 10.1 Å². The van der Waals surface area contributed by atoms with Crippen LogP contribution in [0.1, 0.15) is 0 Å². The van der Waals surface area contributed by atoms with Crippen LogP contribution in [-0.4, -0.2) is 60.0 Å². The van der Waals surface area contributed by atoms with Crippen LogP contribution in [0.25, 0.3) is 0 Å². The number of hydrogen-bond donors (Lipinski definition) is 2. The summed E-state index contributed by atoms with van der Waals surface area (Å²) in [5.41, 5.74) is -1.75. The number of nitrogens with one attached hydrogen (secondary N) is 1. The van der Waals surface area contributed by atoms with Gasteiger partial charge in [-0.15, -0.1) is 13.2 Å². The largest absolute Gasteiger partial charge is 0.573 e. The second kappa shape index (κ2) is 8.65. The lowest BCUT2D eigenvalue weighted by Crippen LogP contribution is -2.31. The van der Waals surface area contributed by atoms with Crippen molar-refractivity contribution in [2.75, 3.05) is 32.1 Å². The number of halogens is 4. The molecular weight excluding hydrogens is 471 g/mol. The molecule has 0 spiro atoms. The molecule has 0 saturated carbocycles. The first-order valence-corrected chi connectivity index (χ1v) is 8.50. The highest BCUT2D eigenvalue weighted by atomic mass is 79.9. The monoisotopic (exact) mass is 483 g/mol. The van der Waals surface area contributed by atoms with Gasteiger partial charge in [-0.3, -0.25) is 14.9 Å². The lowest BCUT2D eigenvalue weighted by molar-refractivity contribution is -0.384. The van der Waals surface area contributed by atoms with Crippen LogP contribution >= 0.6 is 15.9 Å². The molecule has 158 valence electrons. The number of methoxy groups -OCH3 is 1. The molecule has 0 aliphatic carbocycles. The number of carbonyl (C=O) groups is 2. The number of carbonyl (C=O) groups excluding carboxylic acids is 2. The molecule has 1 aromatic rings. The Morgan fingerprint density at radius 1 is 1.45 bits per heavy atom. The van der Waals surface area contributed by atoms with Gasteiger partial charge in [-0.1, -0.05) is 0 Å². The number of aliphatic hydroxyl groups is 1. The van der Waals surface area contributed by atoms with Crippen LogP contribution in [0.2, 0.25) is 0 Å². The number of ether oxygens (including phenoxy) is 2. The quantitative estimate of drug-likeness (QED) is 0.341. The molecule has 0 aromatic heterocycles. The predicted molar refractivity (Wildman–Crippen MR) is 93.8 cm³/mol. The molecule has 1 aliphatic rings. The summed E-state index contributed by atoms with van der Waals surface area (Å²) in [6.07, 6.45) is -5.07. The van der Waals surface area contributed by atoms with E-state index in [1.54, 1.807) is 0 Å². The number of esters is 1. The third-order valence-electron chi connectivity index (χ3n) is 3.68. The summed E-state index contributed by atoms with van der Waals surface area (Å²) < 4.78 is 45.3. The summed E-state index contributed by atoms with van der Waals surface area (Å²) in [5, 5.41) is 22.8. The van der Waals surface area contributed by atoms with Crippen LogP contribution in [0.4, 0.5) is 24.5 Å². The SMILES string of the molecule is COC(=O)C1=C(Nc2c(Br)cc(OC(F)(F)F)cc2[N+](=O)[O-])C(=O)N(CCO)C1. The lowest BCUT2D eigenvalue weighted by Gasteiger charge is -2.16. The number of rotatable bonds is 7. The van der Waals surface area contributed by atoms with E-state index in [1.807, 2.05) is 0 Å². The van der Waals surface area contributed by atoms with Crippen LogP contribution in [0.15, 0.2) is 27.9 Å². The Bertz CT molecular complexity index is 889. The third-order valence-corrected chi connectivity index (χ3v) is 4.30. The van der Waals surface area contributed by atoms with E-state index < -0.39 is 41.2 Å². The lowest BCUT2D eigenvalue weighted by atomic mass is 10.2. The van der Waals surface area contributed by atoms with Crippen molar-refractivity contribution >= 4 is 39.2 Å². The molecule has 1 heterocycles. The summed E-state index contributed by atoms with van der Waals surface area (Å²) >= 11 is 2.90. The molecule has 2 N–H and O–H groups in total. The first kappa shape index (κ1) is 22.4. The topological polar surface area (TPSA) is 131 Å². The van der Waals surface area contributed by atoms with E-state index in [-0.39, 0.29) is 34.5 Å². The Labute approximate surface area is 169 Å². The number of nitro benzene ring substituents is 1. The fraction of sp³-hybridized carbons (Fsp3) is 0.333. The van der Waals surface area contributed by atoms with Crippen molar-refractivity contribution in [3.63, 3.8) is 0 Å². The highest BCUT2D eigenvalue weighted by molar-refractivity contribution is 9.10. The van der Waals surface area contributed by atoms with Gasteiger partial charge in [-0.2, -0.15) is 0 Å². The van der Waals surface area contributed by atoms with Gasteiger partial charge >= 0.3 is 12.3 Å². The zero-order valence-electron chi connectivity index (χ0n) is 14.6. The predicted octanol–water partition coefficient (Wildman–Crippen LogP) is 1.93. The van der Waals surface area contributed by atoms with Gasteiger partial charge in [0, 0.05) is 6.54 Å². The summed E-state index contributed by atoms with van der Waals surface area (Å²) in [5.74, 6) is -2.50. The van der Waals surface area contributed by atoms with Crippen LogP contribution < -0.4 is 10.1 Å². The number of nitrogens with zero attached hydrogens (tertiary/aromatic N) is 2. The Kier molecular flexibility index (Phi) is 6.69. The number of anilines is 1. The average molecular weight is 484 g/mol. The number of nitro groups is 1. The first-order valence-electron chi connectivity index (χ1n) is 7.70. The maximum Gasteiger partial charge on any atom is 0.573 e. The normalized spacial score (nSPS) is 14.3. The Balaban J connectivity index is 2.51. The van der Waals surface area contributed by atoms with Gasteiger partial charge in [-0.05, 0) is 22.0 Å². The van der Waals surface area contributed by atoms with E-state index in [0.29, 0.717) is 6.07 Å². The number of alkyl halides is 3. The average Bonchev–Trinajstić information content (AvgIpc) is 2.91. The zero-order chi connectivity index (χ0) is 21.9. The second-order valence-corrected chi connectivity index (χ2v) is 6.38. The van der Waals surface area contributed by atoms with Crippen molar-refractivity contribution in [2.24, 2.45) is 0 Å². The third kappa shape index (κ3) is 5.14. The number of aliphatic hydroxyl groups excluding tert-OH is 1. The number of amides is 1. The van der Waals surface area contributed by atoms with E-state index in [4.69, 9.17) is 5.11 Å². The molecule has 0 radical (unpaired) electrons. The van der Waals surface area contributed by atoms with E-state index in [0.717, 1.165) is 18.1 Å². The molecule has 1 aromatic carbocycles. The molecule has 0 atom stereocenters. The van der Waals surface area contributed by atoms with Crippen LogP contribution in [-0.2, 0) is 14.3 Å². The van der Waals surface area contributed by atoms with Crippen molar-refractivity contribution in [2.45, 2.75) is 6.36 Å². The standard InChI is InChI=1S/C15H13BrF3N3O7/c1-28-14(25)8-6-21(2-3-23)13(24)11(8)20-12-9(16)4-7(29-15(17,18)19)5-10(12)22(26)27/h4-5,20,23H,2-3,6H2,1H3. The fourth-order valence-corrected chi connectivity index (χ4v) is 3.03. The van der Waals surface area contributed by atoms with Crippen molar-refractivity contribution in [1.82, 2.24) is 4.90 Å². The minimum atomic E-state index is -5.07. The summed E-state index contributed by atoms with van der Waals surface area (Å²) in [4.78, 5) is 35.9. The molecule has 29 heavy (non-hydrogen) atoms. The highest BCUT2D eigenvalue weighted by Gasteiger charge is 2.37. The molecule has 0 fully saturated rings. The summed E-state index contributed by atoms with van der Waals surface area (Å²) in [6.45, 7) is -0.748. The maximum atomic E-state index is 12.5. The molecule has 0 bridgehead atoms. The van der Waals surface area contributed by atoms with Gasteiger partial charge in [0.25, 0.3) is 11.6 Å². The Hall–Kier alpha value is -2.87. The number of hydrogen-bond acceptors (Lipinski definition) is 8. The second-order valence-electron chi connectivity index (χ2n) is 5.52. The van der Waals surface area contributed by atoms with Crippen LogP contribution in [0.5, 0.6) is 5.75 Å². The Morgan fingerprint density at radius 3 is 2.62 bits per heavy atom. The fourth-order valence-electron chi connectivity index (χ4n) is 2.50. The van der Waals surface area contributed by atoms with Crippen molar-refractivity contribution in [3.8, 4) is 5.75 Å². The Morgan fingerprint density at radius 2 is 2.10 bits per heavy atom. The maximum absolute atomic E-state index is 12.5. The first-order chi connectivity index (χ1) is 13.5. The van der Waals surface area contributed by atoms with Gasteiger partial charge in [0.05, 0.1) is 41.3 Å². The van der Waals surface area contributed by atoms with Gasteiger partial charge in [0.1, 0.15) is 17.1 Å². The van der Waals surface area contributed by atoms with E-state index in [2.05, 4.69) is 30.7 Å². The molecular formula is C15H13BrF3N3O7. The molecule has 0 unspecified atom stereocenters. The van der Waals surface area contributed by atoms with Gasteiger partial charge < -0.3 is 24.8 Å². The van der Waals surface area contributed by atoms with Crippen molar-refractivity contribution < 1.29 is 42.3 Å².